The number of rotatable bonds is 4. The maximum Gasteiger partial charge on any atom is 0.433 e. The van der Waals surface area contributed by atoms with Crippen LogP contribution < -0.4 is 5.73 Å². The minimum absolute atomic E-state index is 0.224. The molecule has 0 aliphatic heterocycles. The van der Waals surface area contributed by atoms with E-state index in [-0.39, 0.29) is 11.6 Å². The molecule has 0 saturated heterocycles. The molecule has 1 aromatic heterocycles. The molecular formula is C11H11F5N2O2. The minimum Gasteiger partial charge on any atom is -0.469 e. The lowest BCUT2D eigenvalue weighted by Gasteiger charge is -2.15. The lowest BCUT2D eigenvalue weighted by Crippen LogP contribution is -2.18. The van der Waals surface area contributed by atoms with Gasteiger partial charge in [0, 0.05) is 12.1 Å². The van der Waals surface area contributed by atoms with Crippen molar-refractivity contribution in [1.82, 2.24) is 4.98 Å². The normalized spacial score (nSPS) is 11.8. The second-order valence-electron chi connectivity index (χ2n) is 3.78. The van der Waals surface area contributed by atoms with Gasteiger partial charge >= 0.3 is 12.1 Å². The van der Waals surface area contributed by atoms with Crippen molar-refractivity contribution < 1.29 is 31.5 Å². The summed E-state index contributed by atoms with van der Waals surface area (Å²) in [5.74, 6) is -0.872. The van der Waals surface area contributed by atoms with Gasteiger partial charge in [0.2, 0.25) is 0 Å². The highest BCUT2D eigenvalue weighted by atomic mass is 19.4. The Morgan fingerprint density at radius 2 is 2.05 bits per heavy atom. The van der Waals surface area contributed by atoms with E-state index < -0.39 is 48.5 Å². The van der Waals surface area contributed by atoms with Crippen molar-refractivity contribution in [2.45, 2.75) is 25.6 Å². The predicted octanol–water partition coefficient (Wildman–Crippen LogP) is 2.21. The predicted molar refractivity (Wildman–Crippen MR) is 57.8 cm³/mol. The average molecular weight is 298 g/mol. The molecule has 0 atom stereocenters. The number of halogens is 5. The molecule has 4 nitrogen and oxygen atoms in total. The number of methoxy groups -OCH3 is 1. The third-order valence-electron chi connectivity index (χ3n) is 2.51. The minimum atomic E-state index is -4.88. The van der Waals surface area contributed by atoms with E-state index in [1.165, 1.54) is 0 Å². The van der Waals surface area contributed by atoms with E-state index in [1.807, 2.05) is 0 Å². The van der Waals surface area contributed by atoms with Gasteiger partial charge in [-0.1, -0.05) is 0 Å². The van der Waals surface area contributed by atoms with Gasteiger partial charge in [-0.2, -0.15) is 13.2 Å². The summed E-state index contributed by atoms with van der Waals surface area (Å²) in [5, 5.41) is 0. The Bertz CT molecular complexity index is 502. The topological polar surface area (TPSA) is 65.2 Å². The first-order chi connectivity index (χ1) is 9.20. The fraction of sp³-hybridized carbons (Fsp3) is 0.455. The van der Waals surface area contributed by atoms with E-state index in [9.17, 15) is 26.7 Å². The Morgan fingerprint density at radius 1 is 1.45 bits per heavy atom. The second kappa shape index (κ2) is 6.12. The molecule has 0 fully saturated rings. The van der Waals surface area contributed by atoms with Gasteiger partial charge in [0.15, 0.2) is 0 Å². The smallest absolute Gasteiger partial charge is 0.433 e. The summed E-state index contributed by atoms with van der Waals surface area (Å²) in [7, 11) is 1.03. The molecule has 0 spiro atoms. The molecule has 2 N–H and O–H groups in total. The maximum absolute atomic E-state index is 12.9. The van der Waals surface area contributed by atoms with E-state index in [4.69, 9.17) is 5.73 Å². The van der Waals surface area contributed by atoms with Crippen LogP contribution in [-0.4, -0.2) is 18.1 Å². The Morgan fingerprint density at radius 3 is 2.45 bits per heavy atom. The van der Waals surface area contributed by atoms with E-state index in [0.717, 1.165) is 7.11 Å². The number of aromatic nitrogens is 1. The van der Waals surface area contributed by atoms with Gasteiger partial charge in [-0.3, -0.25) is 4.79 Å². The van der Waals surface area contributed by atoms with Gasteiger partial charge < -0.3 is 10.5 Å². The molecule has 0 aromatic carbocycles. The van der Waals surface area contributed by atoms with Crippen molar-refractivity contribution >= 4 is 5.97 Å². The summed E-state index contributed by atoms with van der Waals surface area (Å²) >= 11 is 0. The van der Waals surface area contributed by atoms with Crippen LogP contribution in [0.15, 0.2) is 6.07 Å². The molecule has 0 saturated carbocycles. The number of carbonyl (C=O) groups excluding carboxylic acids is 1. The Hall–Kier alpha value is -1.77. The van der Waals surface area contributed by atoms with Crippen LogP contribution >= 0.6 is 0 Å². The molecular weight excluding hydrogens is 287 g/mol. The highest BCUT2D eigenvalue weighted by Gasteiger charge is 2.35. The van der Waals surface area contributed by atoms with Crippen molar-refractivity contribution in [3.63, 3.8) is 0 Å². The van der Waals surface area contributed by atoms with Crippen molar-refractivity contribution in [2.24, 2.45) is 5.73 Å². The van der Waals surface area contributed by atoms with E-state index in [0.29, 0.717) is 0 Å². The first-order valence-corrected chi connectivity index (χ1v) is 5.35. The second-order valence-corrected chi connectivity index (χ2v) is 3.78. The number of carbonyl (C=O) groups is 1. The zero-order chi connectivity index (χ0) is 15.5. The van der Waals surface area contributed by atoms with Crippen molar-refractivity contribution in [3.05, 3.63) is 28.6 Å². The van der Waals surface area contributed by atoms with Crippen LogP contribution in [0.3, 0.4) is 0 Å². The van der Waals surface area contributed by atoms with Crippen LogP contribution in [0, 0.1) is 0 Å². The van der Waals surface area contributed by atoms with Gasteiger partial charge in [-0.05, 0) is 11.6 Å². The molecule has 0 amide bonds. The lowest BCUT2D eigenvalue weighted by atomic mass is 10.0. The summed E-state index contributed by atoms with van der Waals surface area (Å²) in [4.78, 5) is 14.3. The Kier molecular flexibility index (Phi) is 4.98. The average Bonchev–Trinajstić information content (AvgIpc) is 2.36. The Labute approximate surface area is 110 Å². The lowest BCUT2D eigenvalue weighted by molar-refractivity contribution is -0.141. The van der Waals surface area contributed by atoms with Gasteiger partial charge in [-0.15, -0.1) is 0 Å². The molecule has 0 unspecified atom stereocenters. The summed E-state index contributed by atoms with van der Waals surface area (Å²) in [5.41, 5.74) is 2.10. The van der Waals surface area contributed by atoms with Crippen molar-refractivity contribution in [2.75, 3.05) is 7.11 Å². The van der Waals surface area contributed by atoms with Gasteiger partial charge in [0.05, 0.1) is 19.2 Å². The number of hydrogen-bond acceptors (Lipinski definition) is 4. The molecule has 0 bridgehead atoms. The molecule has 0 aliphatic carbocycles. The van der Waals surface area contributed by atoms with Gasteiger partial charge in [0.1, 0.15) is 5.69 Å². The molecule has 20 heavy (non-hydrogen) atoms. The molecule has 1 aromatic rings. The fourth-order valence-corrected chi connectivity index (χ4v) is 1.58. The number of nitrogens with two attached hydrogens (primary N) is 1. The van der Waals surface area contributed by atoms with Crippen molar-refractivity contribution in [3.8, 4) is 0 Å². The Balaban J connectivity index is 3.44. The molecule has 112 valence electrons. The molecule has 0 aliphatic rings. The standard InChI is InChI=1S/C11H11F5N2O2/c1-20-9(19)3-5-6(10(12)13)2-8(11(14,15)16)18-7(5)4-17/h2,10H,3-4,17H2,1H3. The molecule has 9 heteroatoms. The maximum atomic E-state index is 12.9. The van der Waals surface area contributed by atoms with Crippen LogP contribution in [-0.2, 0) is 28.7 Å². The largest absolute Gasteiger partial charge is 0.469 e. The summed E-state index contributed by atoms with van der Waals surface area (Å²) in [6, 6.07) is 0.224. The number of nitrogens with zero attached hydrogens (tertiary/aromatic N) is 1. The highest BCUT2D eigenvalue weighted by molar-refractivity contribution is 5.73. The van der Waals surface area contributed by atoms with Crippen LogP contribution in [0.5, 0.6) is 0 Å². The monoisotopic (exact) mass is 298 g/mol. The highest BCUT2D eigenvalue weighted by Crippen LogP contribution is 2.33. The number of ether oxygens (including phenoxy) is 1. The van der Waals surface area contributed by atoms with Crippen molar-refractivity contribution in [1.29, 1.82) is 0 Å². The fourth-order valence-electron chi connectivity index (χ4n) is 1.58. The number of alkyl halides is 5. The van der Waals surface area contributed by atoms with Crippen LogP contribution in [0.25, 0.3) is 0 Å². The first kappa shape index (κ1) is 16.3. The number of esters is 1. The summed E-state index contributed by atoms with van der Waals surface area (Å²) in [6.45, 7) is -0.504. The van der Waals surface area contributed by atoms with E-state index in [2.05, 4.69) is 9.72 Å². The van der Waals surface area contributed by atoms with Crippen LogP contribution in [0.1, 0.15) is 28.9 Å². The first-order valence-electron chi connectivity index (χ1n) is 5.35. The van der Waals surface area contributed by atoms with Crippen LogP contribution in [0.2, 0.25) is 0 Å². The zero-order valence-corrected chi connectivity index (χ0v) is 10.3. The summed E-state index contributed by atoms with van der Waals surface area (Å²) in [6.07, 6.45) is -8.69. The molecule has 1 rings (SSSR count). The van der Waals surface area contributed by atoms with E-state index >= 15 is 0 Å². The summed E-state index contributed by atoms with van der Waals surface area (Å²) < 4.78 is 67.8. The molecule has 0 radical (unpaired) electrons. The third-order valence-corrected chi connectivity index (χ3v) is 2.51. The van der Waals surface area contributed by atoms with Crippen LogP contribution in [0.4, 0.5) is 22.0 Å². The number of hydrogen-bond donors (Lipinski definition) is 1. The third kappa shape index (κ3) is 3.62. The SMILES string of the molecule is COC(=O)Cc1c(C(F)F)cc(C(F)(F)F)nc1CN. The van der Waals surface area contributed by atoms with E-state index in [1.54, 1.807) is 0 Å². The number of pyridine rings is 1. The van der Waals surface area contributed by atoms with Gasteiger partial charge in [-0.25, -0.2) is 13.8 Å². The quantitative estimate of drug-likeness (QED) is 0.683. The molecule has 1 heterocycles. The van der Waals surface area contributed by atoms with Gasteiger partial charge in [0.25, 0.3) is 6.43 Å². The zero-order valence-electron chi connectivity index (χ0n) is 10.3.